The molecule has 0 N–H and O–H groups in total. The van der Waals surface area contributed by atoms with Gasteiger partial charge in [0.15, 0.2) is 0 Å². The Morgan fingerprint density at radius 2 is 0.318 bits per heavy atom. The van der Waals surface area contributed by atoms with Crippen molar-refractivity contribution < 1.29 is 0 Å². The second-order valence-electron chi connectivity index (χ2n) is 15.5. The van der Waals surface area contributed by atoms with E-state index in [2.05, 4.69) is 27.7 Å². The van der Waals surface area contributed by atoms with Crippen molar-refractivity contribution in [1.82, 2.24) is 0 Å². The molecule has 268 valence electrons. The molecule has 0 saturated carbocycles. The van der Waals surface area contributed by atoms with E-state index in [9.17, 15) is 0 Å². The van der Waals surface area contributed by atoms with E-state index < -0.39 is 7.26 Å². The van der Waals surface area contributed by atoms with Gasteiger partial charge in [0.2, 0.25) is 0 Å². The van der Waals surface area contributed by atoms with Crippen molar-refractivity contribution in [3.63, 3.8) is 0 Å². The summed E-state index contributed by atoms with van der Waals surface area (Å²) < 4.78 is 0. The zero-order chi connectivity index (χ0) is 32.1. The molecule has 44 heavy (non-hydrogen) atoms. The van der Waals surface area contributed by atoms with E-state index >= 15 is 0 Å². The first-order valence-electron chi connectivity index (χ1n) is 21.7. The summed E-state index contributed by atoms with van der Waals surface area (Å²) in [5.74, 6) is 0. The van der Waals surface area contributed by atoms with Crippen LogP contribution in [0.2, 0.25) is 0 Å². The number of hydrogen-bond acceptors (Lipinski definition) is 0. The SMILES string of the molecule is CCCCCCCCCCCCCCCC[PH](CCCCCCCCC)(CCCCCCCCC)CCCCCCCCC. The fraction of sp³-hybridized carbons (Fsp3) is 1.00. The molecule has 1 heteroatoms. The zero-order valence-corrected chi connectivity index (χ0v) is 33.1. The third-order valence-electron chi connectivity index (χ3n) is 11.0. The van der Waals surface area contributed by atoms with Gasteiger partial charge in [-0.05, 0) is 0 Å². The zero-order valence-electron chi connectivity index (χ0n) is 32.1. The van der Waals surface area contributed by atoms with E-state index in [1.165, 1.54) is 199 Å². The van der Waals surface area contributed by atoms with Crippen molar-refractivity contribution >= 4 is 7.26 Å². The Morgan fingerprint density at radius 3 is 0.477 bits per heavy atom. The Kier molecular flexibility index (Phi) is 38.3. The molecule has 0 aliphatic heterocycles. The fourth-order valence-electron chi connectivity index (χ4n) is 7.82. The van der Waals surface area contributed by atoms with Crippen molar-refractivity contribution in [3.05, 3.63) is 0 Å². The van der Waals surface area contributed by atoms with Gasteiger partial charge < -0.3 is 0 Å². The third kappa shape index (κ3) is 32.4. The standard InChI is InChI=1S/C43H91P/c1-5-9-13-17-21-22-23-24-25-26-27-31-35-39-43-44(40-36-32-28-18-14-10-6-2,41-37-33-29-19-15-11-7-3)42-38-34-30-20-16-12-8-4/h44H,5-43H2,1-4H3. The molecule has 0 unspecified atom stereocenters. The predicted octanol–water partition coefficient (Wildman–Crippen LogP) is 16.5. The molecule has 0 aliphatic rings. The second kappa shape index (κ2) is 37.9. The summed E-state index contributed by atoms with van der Waals surface area (Å²) in [5.41, 5.74) is 0. The molecule has 0 aromatic carbocycles. The van der Waals surface area contributed by atoms with Crippen LogP contribution in [-0.4, -0.2) is 24.6 Å². The van der Waals surface area contributed by atoms with Crippen LogP contribution in [0.25, 0.3) is 0 Å². The summed E-state index contributed by atoms with van der Waals surface area (Å²) >= 11 is 0. The summed E-state index contributed by atoms with van der Waals surface area (Å²) in [7, 11) is -1.12. The Morgan fingerprint density at radius 1 is 0.182 bits per heavy atom. The van der Waals surface area contributed by atoms with Crippen LogP contribution in [0.1, 0.15) is 252 Å². The fourth-order valence-corrected chi connectivity index (χ4v) is 13.3. The van der Waals surface area contributed by atoms with E-state index in [4.69, 9.17) is 0 Å². The third-order valence-corrected chi connectivity index (χ3v) is 16.6. The summed E-state index contributed by atoms with van der Waals surface area (Å²) in [4.78, 5) is 0. The minimum atomic E-state index is -1.12. The van der Waals surface area contributed by atoms with Crippen LogP contribution in [0.5, 0.6) is 0 Å². The van der Waals surface area contributed by atoms with Gasteiger partial charge >= 0.3 is 258 Å². The van der Waals surface area contributed by atoms with E-state index in [0.717, 1.165) is 0 Å². The molecule has 0 fully saturated rings. The average Bonchev–Trinajstić information content (AvgIpc) is 3.03. The van der Waals surface area contributed by atoms with Gasteiger partial charge in [0.05, 0.1) is 0 Å². The minimum absolute atomic E-state index is 1.12. The molecular weight excluding hydrogens is 547 g/mol. The summed E-state index contributed by atoms with van der Waals surface area (Å²) in [6.07, 6.45) is 58.9. The van der Waals surface area contributed by atoms with E-state index in [0.29, 0.717) is 0 Å². The molecular formula is C43H91P. The monoisotopic (exact) mass is 639 g/mol. The number of rotatable bonds is 39. The molecule has 0 heterocycles. The first kappa shape index (κ1) is 44.4. The van der Waals surface area contributed by atoms with Crippen LogP contribution in [0, 0.1) is 0 Å². The van der Waals surface area contributed by atoms with Crippen molar-refractivity contribution in [2.24, 2.45) is 0 Å². The Balaban J connectivity index is 4.64. The summed E-state index contributed by atoms with van der Waals surface area (Å²) in [6.45, 7) is 9.38. The second-order valence-corrected chi connectivity index (χ2v) is 20.5. The topological polar surface area (TPSA) is 0 Å². The van der Waals surface area contributed by atoms with Gasteiger partial charge in [-0.15, -0.1) is 0 Å². The molecule has 0 spiro atoms. The molecule has 0 nitrogen and oxygen atoms in total. The quantitative estimate of drug-likeness (QED) is 0.0464. The number of unbranched alkanes of at least 4 members (excludes halogenated alkanes) is 31. The maximum absolute atomic E-state index is 2.35. The van der Waals surface area contributed by atoms with Crippen LogP contribution >= 0.6 is 7.26 Å². The van der Waals surface area contributed by atoms with Crippen molar-refractivity contribution in [1.29, 1.82) is 0 Å². The Hall–Kier alpha value is 0.430. The molecule has 0 aliphatic carbocycles. The molecule has 0 rings (SSSR count). The van der Waals surface area contributed by atoms with Gasteiger partial charge in [-0.25, -0.2) is 0 Å². The molecule has 0 atom stereocenters. The van der Waals surface area contributed by atoms with Crippen LogP contribution in [0.3, 0.4) is 0 Å². The maximum atomic E-state index is 2.35. The van der Waals surface area contributed by atoms with Crippen LogP contribution in [-0.2, 0) is 0 Å². The van der Waals surface area contributed by atoms with Gasteiger partial charge in [0.1, 0.15) is 0 Å². The Bertz CT molecular complexity index is 454. The van der Waals surface area contributed by atoms with Crippen LogP contribution < -0.4 is 0 Å². The van der Waals surface area contributed by atoms with Gasteiger partial charge in [-0.1, -0.05) is 26.2 Å². The Labute approximate surface area is 283 Å². The van der Waals surface area contributed by atoms with Crippen LogP contribution in [0.4, 0.5) is 0 Å². The van der Waals surface area contributed by atoms with Gasteiger partial charge in [0.25, 0.3) is 0 Å². The molecule has 0 saturated heterocycles. The van der Waals surface area contributed by atoms with Crippen molar-refractivity contribution in [2.45, 2.75) is 252 Å². The van der Waals surface area contributed by atoms with Crippen LogP contribution in [0.15, 0.2) is 0 Å². The number of hydrogen-bond donors (Lipinski definition) is 0. The summed E-state index contributed by atoms with van der Waals surface area (Å²) in [5, 5.41) is 0. The first-order valence-corrected chi connectivity index (χ1v) is 24.6. The molecule has 0 aromatic rings. The van der Waals surface area contributed by atoms with Gasteiger partial charge in [-0.2, -0.15) is 0 Å². The van der Waals surface area contributed by atoms with E-state index in [1.54, 1.807) is 50.3 Å². The molecule has 0 radical (unpaired) electrons. The van der Waals surface area contributed by atoms with Crippen molar-refractivity contribution in [3.8, 4) is 0 Å². The molecule has 0 bridgehead atoms. The van der Waals surface area contributed by atoms with Gasteiger partial charge in [0, 0.05) is 0 Å². The molecule has 0 amide bonds. The van der Waals surface area contributed by atoms with E-state index in [-0.39, 0.29) is 0 Å². The van der Waals surface area contributed by atoms with E-state index in [1.807, 2.05) is 0 Å². The van der Waals surface area contributed by atoms with Gasteiger partial charge in [-0.3, -0.25) is 0 Å². The van der Waals surface area contributed by atoms with Crippen molar-refractivity contribution in [2.75, 3.05) is 24.6 Å². The normalized spacial score (nSPS) is 12.4. The average molecular weight is 639 g/mol. The first-order chi connectivity index (χ1) is 21.7. The summed E-state index contributed by atoms with van der Waals surface area (Å²) in [6, 6.07) is 0. The molecule has 0 aromatic heterocycles. The predicted molar refractivity (Wildman–Crippen MR) is 212 cm³/mol.